The second-order valence-corrected chi connectivity index (χ2v) is 5.59. The van der Waals surface area contributed by atoms with Gasteiger partial charge in [0.1, 0.15) is 5.03 Å². The van der Waals surface area contributed by atoms with Crippen molar-refractivity contribution in [2.45, 2.75) is 18.9 Å². The Morgan fingerprint density at radius 1 is 1.57 bits per heavy atom. The van der Waals surface area contributed by atoms with Gasteiger partial charge in [0.25, 0.3) is 0 Å². The minimum atomic E-state index is 0.217. The lowest BCUT2D eigenvalue weighted by molar-refractivity contribution is 0.493. The molecule has 1 aromatic rings. The number of thioether (sulfide) groups is 1. The van der Waals surface area contributed by atoms with Gasteiger partial charge in [-0.2, -0.15) is 12.6 Å². The van der Waals surface area contributed by atoms with E-state index in [1.54, 1.807) is 18.0 Å². The predicted molar refractivity (Wildman–Crippen MR) is 67.6 cm³/mol. The summed E-state index contributed by atoms with van der Waals surface area (Å²) < 4.78 is 0. The van der Waals surface area contributed by atoms with E-state index in [4.69, 9.17) is 11.6 Å². The summed E-state index contributed by atoms with van der Waals surface area (Å²) in [6.45, 7) is 4.37. The molecule has 14 heavy (non-hydrogen) atoms. The van der Waals surface area contributed by atoms with Crippen molar-refractivity contribution in [1.29, 1.82) is 0 Å². The molecular formula is C10H14ClNS2. The summed E-state index contributed by atoms with van der Waals surface area (Å²) in [7, 11) is 0. The molecule has 1 nitrogen and oxygen atoms in total. The largest absolute Gasteiger partial charge is 0.248 e. The lowest BCUT2D eigenvalue weighted by atomic mass is 10.0. The van der Waals surface area contributed by atoms with E-state index in [0.29, 0.717) is 0 Å². The van der Waals surface area contributed by atoms with Crippen LogP contribution in [-0.2, 0) is 0 Å². The minimum absolute atomic E-state index is 0.217. The topological polar surface area (TPSA) is 12.9 Å². The highest BCUT2D eigenvalue weighted by molar-refractivity contribution is 7.99. The standard InChI is InChI=1S/C10H14ClNS2/c1-10(2,6-13)7-14-9-8(11)4-3-5-12-9/h3-5,13H,6-7H2,1-2H3. The van der Waals surface area contributed by atoms with Crippen LogP contribution < -0.4 is 0 Å². The fraction of sp³-hybridized carbons (Fsp3) is 0.500. The molecule has 0 aliphatic carbocycles. The number of rotatable bonds is 4. The highest BCUT2D eigenvalue weighted by atomic mass is 35.5. The average Bonchev–Trinajstić information content (AvgIpc) is 2.17. The van der Waals surface area contributed by atoms with Gasteiger partial charge in [-0.05, 0) is 23.3 Å². The van der Waals surface area contributed by atoms with Gasteiger partial charge in [0, 0.05) is 11.9 Å². The Morgan fingerprint density at radius 3 is 2.86 bits per heavy atom. The molecule has 0 atom stereocenters. The third kappa shape index (κ3) is 3.71. The molecule has 0 aromatic carbocycles. The second kappa shape index (κ2) is 5.29. The van der Waals surface area contributed by atoms with Gasteiger partial charge in [-0.3, -0.25) is 0 Å². The summed E-state index contributed by atoms with van der Waals surface area (Å²) in [5.74, 6) is 1.84. The Bertz CT molecular complexity index is 302. The molecule has 0 aliphatic heterocycles. The Balaban J connectivity index is 2.58. The molecule has 0 spiro atoms. The second-order valence-electron chi connectivity index (χ2n) is 3.90. The van der Waals surface area contributed by atoms with Crippen LogP contribution in [0.15, 0.2) is 23.4 Å². The Labute approximate surface area is 100 Å². The fourth-order valence-corrected chi connectivity index (χ4v) is 2.31. The fourth-order valence-electron chi connectivity index (χ4n) is 0.787. The molecule has 0 saturated heterocycles. The maximum absolute atomic E-state index is 5.99. The van der Waals surface area contributed by atoms with E-state index in [9.17, 15) is 0 Å². The molecule has 0 bridgehead atoms. The molecule has 0 unspecified atom stereocenters. The third-order valence-electron chi connectivity index (χ3n) is 1.75. The zero-order valence-corrected chi connectivity index (χ0v) is 10.8. The van der Waals surface area contributed by atoms with Crippen molar-refractivity contribution < 1.29 is 0 Å². The molecule has 0 saturated carbocycles. The van der Waals surface area contributed by atoms with E-state index in [2.05, 4.69) is 31.5 Å². The number of thiol groups is 1. The van der Waals surface area contributed by atoms with Crippen LogP contribution in [0.2, 0.25) is 5.02 Å². The predicted octanol–water partition coefficient (Wildman–Crippen LogP) is 3.78. The first kappa shape index (κ1) is 12.2. The van der Waals surface area contributed by atoms with Gasteiger partial charge in [-0.15, -0.1) is 11.8 Å². The van der Waals surface area contributed by atoms with Crippen molar-refractivity contribution in [2.75, 3.05) is 11.5 Å². The average molecular weight is 248 g/mol. The monoisotopic (exact) mass is 247 g/mol. The summed E-state index contributed by atoms with van der Waals surface area (Å²) in [5, 5.41) is 1.64. The van der Waals surface area contributed by atoms with Crippen LogP contribution in [0.25, 0.3) is 0 Å². The lowest BCUT2D eigenvalue weighted by Crippen LogP contribution is -2.16. The van der Waals surface area contributed by atoms with Crippen LogP contribution in [0, 0.1) is 5.41 Å². The number of halogens is 1. The molecule has 0 radical (unpaired) electrons. The normalized spacial score (nSPS) is 11.7. The molecule has 0 fully saturated rings. The highest BCUT2D eigenvalue weighted by Crippen LogP contribution is 2.30. The van der Waals surface area contributed by atoms with Gasteiger partial charge in [-0.25, -0.2) is 4.98 Å². The van der Waals surface area contributed by atoms with Crippen molar-refractivity contribution >= 4 is 36.0 Å². The van der Waals surface area contributed by atoms with Gasteiger partial charge >= 0.3 is 0 Å². The number of nitrogens with zero attached hydrogens (tertiary/aromatic N) is 1. The van der Waals surface area contributed by atoms with Gasteiger partial charge in [-0.1, -0.05) is 25.4 Å². The first-order chi connectivity index (χ1) is 6.55. The summed E-state index contributed by atoms with van der Waals surface area (Å²) in [4.78, 5) is 4.22. The summed E-state index contributed by atoms with van der Waals surface area (Å²) in [6.07, 6.45) is 1.77. The zero-order valence-electron chi connectivity index (χ0n) is 8.33. The molecule has 0 aliphatic rings. The molecule has 0 amide bonds. The Morgan fingerprint density at radius 2 is 2.29 bits per heavy atom. The van der Waals surface area contributed by atoms with Gasteiger partial charge in [0.15, 0.2) is 0 Å². The van der Waals surface area contributed by atoms with Crippen LogP contribution in [0.3, 0.4) is 0 Å². The summed E-state index contributed by atoms with van der Waals surface area (Å²) >= 11 is 12.0. The maximum Gasteiger partial charge on any atom is 0.115 e. The summed E-state index contributed by atoms with van der Waals surface area (Å²) in [6, 6.07) is 3.71. The minimum Gasteiger partial charge on any atom is -0.248 e. The van der Waals surface area contributed by atoms with Gasteiger partial charge in [0.2, 0.25) is 0 Å². The molecule has 1 aromatic heterocycles. The van der Waals surface area contributed by atoms with E-state index in [-0.39, 0.29) is 5.41 Å². The smallest absolute Gasteiger partial charge is 0.115 e. The molecule has 4 heteroatoms. The zero-order chi connectivity index (χ0) is 10.6. The molecule has 78 valence electrons. The molecule has 0 N–H and O–H groups in total. The van der Waals surface area contributed by atoms with Crippen molar-refractivity contribution in [3.05, 3.63) is 23.4 Å². The molecular weight excluding hydrogens is 234 g/mol. The molecule has 1 rings (SSSR count). The Kier molecular flexibility index (Phi) is 4.61. The van der Waals surface area contributed by atoms with E-state index in [1.165, 1.54) is 0 Å². The first-order valence-corrected chi connectivity index (χ1v) is 6.39. The SMILES string of the molecule is CC(C)(CS)CSc1ncccc1Cl. The van der Waals surface area contributed by atoms with Crippen molar-refractivity contribution in [2.24, 2.45) is 5.41 Å². The first-order valence-electron chi connectivity index (χ1n) is 4.39. The van der Waals surface area contributed by atoms with Crippen molar-refractivity contribution in [3.8, 4) is 0 Å². The number of aromatic nitrogens is 1. The van der Waals surface area contributed by atoms with E-state index in [1.807, 2.05) is 12.1 Å². The van der Waals surface area contributed by atoms with E-state index < -0.39 is 0 Å². The van der Waals surface area contributed by atoms with Crippen molar-refractivity contribution in [1.82, 2.24) is 4.98 Å². The van der Waals surface area contributed by atoms with Crippen molar-refractivity contribution in [3.63, 3.8) is 0 Å². The van der Waals surface area contributed by atoms with Crippen LogP contribution >= 0.6 is 36.0 Å². The van der Waals surface area contributed by atoms with E-state index in [0.717, 1.165) is 21.6 Å². The number of pyridine rings is 1. The van der Waals surface area contributed by atoms with Crippen LogP contribution in [0.1, 0.15) is 13.8 Å². The summed E-state index contributed by atoms with van der Waals surface area (Å²) in [5.41, 5.74) is 0.217. The highest BCUT2D eigenvalue weighted by Gasteiger charge is 2.16. The van der Waals surface area contributed by atoms with Crippen LogP contribution in [0.5, 0.6) is 0 Å². The lowest BCUT2D eigenvalue weighted by Gasteiger charge is -2.20. The molecule has 1 heterocycles. The van der Waals surface area contributed by atoms with Crippen LogP contribution in [-0.4, -0.2) is 16.5 Å². The van der Waals surface area contributed by atoms with E-state index >= 15 is 0 Å². The number of hydrogen-bond acceptors (Lipinski definition) is 3. The quantitative estimate of drug-likeness (QED) is 0.642. The maximum atomic E-state index is 5.99. The third-order valence-corrected chi connectivity index (χ3v) is 4.55. The number of hydrogen-bond donors (Lipinski definition) is 1. The Hall–Kier alpha value is 0.140. The van der Waals surface area contributed by atoms with Crippen LogP contribution in [0.4, 0.5) is 0 Å². The van der Waals surface area contributed by atoms with Gasteiger partial charge in [0.05, 0.1) is 5.02 Å². The van der Waals surface area contributed by atoms with Gasteiger partial charge < -0.3 is 0 Å².